The highest BCUT2D eigenvalue weighted by atomic mass is 16.5. The van der Waals surface area contributed by atoms with Crippen LogP contribution in [-0.2, 0) is 13.5 Å². The van der Waals surface area contributed by atoms with Gasteiger partial charge in [-0.15, -0.1) is 0 Å². The summed E-state index contributed by atoms with van der Waals surface area (Å²) in [5.41, 5.74) is 1.52. The summed E-state index contributed by atoms with van der Waals surface area (Å²) in [5.74, 6) is 1.42. The molecule has 0 aliphatic carbocycles. The van der Waals surface area contributed by atoms with E-state index in [2.05, 4.69) is 10.6 Å². The van der Waals surface area contributed by atoms with Crippen LogP contribution < -0.4 is 25.7 Å². The highest BCUT2D eigenvalue weighted by Crippen LogP contribution is 2.28. The van der Waals surface area contributed by atoms with Gasteiger partial charge in [0.15, 0.2) is 11.5 Å². The van der Waals surface area contributed by atoms with Gasteiger partial charge in [0, 0.05) is 30.6 Å². The van der Waals surface area contributed by atoms with Crippen LogP contribution in [-0.4, -0.2) is 30.4 Å². The van der Waals surface area contributed by atoms with E-state index in [9.17, 15) is 9.59 Å². The molecule has 0 fully saturated rings. The van der Waals surface area contributed by atoms with Crippen LogP contribution in [0.2, 0.25) is 0 Å². The second-order valence-corrected chi connectivity index (χ2v) is 6.78. The summed E-state index contributed by atoms with van der Waals surface area (Å²) in [6.45, 7) is 5.44. The second-order valence-electron chi connectivity index (χ2n) is 6.78. The molecule has 3 rings (SSSR count). The van der Waals surface area contributed by atoms with E-state index in [-0.39, 0.29) is 11.6 Å². The van der Waals surface area contributed by atoms with Crippen molar-refractivity contribution in [1.29, 1.82) is 0 Å². The average Bonchev–Trinajstić information content (AvgIpc) is 2.74. The van der Waals surface area contributed by atoms with Crippen LogP contribution in [0.3, 0.4) is 0 Å². The van der Waals surface area contributed by atoms with E-state index in [1.165, 1.54) is 4.57 Å². The van der Waals surface area contributed by atoms with E-state index >= 15 is 0 Å². The fraction of sp³-hybridized carbons (Fsp3) is 0.304. The van der Waals surface area contributed by atoms with Gasteiger partial charge in [0.2, 0.25) is 0 Å². The third kappa shape index (κ3) is 4.92. The number of benzene rings is 2. The van der Waals surface area contributed by atoms with Gasteiger partial charge >= 0.3 is 6.03 Å². The highest BCUT2D eigenvalue weighted by Gasteiger charge is 2.10. The molecule has 0 radical (unpaired) electrons. The van der Waals surface area contributed by atoms with E-state index in [1.807, 2.05) is 44.2 Å². The van der Waals surface area contributed by atoms with Crippen molar-refractivity contribution in [3.05, 3.63) is 64.6 Å². The number of nitrogens with one attached hydrogen (secondary N) is 2. The third-order valence-electron chi connectivity index (χ3n) is 4.65. The monoisotopic (exact) mass is 409 g/mol. The molecule has 0 aliphatic heterocycles. The van der Waals surface area contributed by atoms with Gasteiger partial charge in [-0.1, -0.05) is 24.3 Å². The Labute approximate surface area is 175 Å². The molecule has 0 saturated carbocycles. The molecule has 3 aromatic rings. The van der Waals surface area contributed by atoms with Crippen molar-refractivity contribution in [2.75, 3.05) is 25.1 Å². The molecule has 1 heterocycles. The minimum absolute atomic E-state index is 0.0999. The molecule has 7 nitrogen and oxygen atoms in total. The Balaban J connectivity index is 1.63. The number of rotatable bonds is 8. The Kier molecular flexibility index (Phi) is 6.95. The molecule has 2 N–H and O–H groups in total. The smallest absolute Gasteiger partial charge is 0.319 e. The summed E-state index contributed by atoms with van der Waals surface area (Å²) >= 11 is 0. The fourth-order valence-corrected chi connectivity index (χ4v) is 3.25. The van der Waals surface area contributed by atoms with E-state index in [4.69, 9.17) is 9.47 Å². The Bertz CT molecular complexity index is 1090. The molecule has 0 atom stereocenters. The van der Waals surface area contributed by atoms with Crippen molar-refractivity contribution in [2.24, 2.45) is 7.05 Å². The summed E-state index contributed by atoms with van der Waals surface area (Å²) in [7, 11) is 1.67. The van der Waals surface area contributed by atoms with Gasteiger partial charge in [-0.3, -0.25) is 4.79 Å². The van der Waals surface area contributed by atoms with E-state index in [0.717, 1.165) is 11.3 Å². The van der Waals surface area contributed by atoms with Crippen molar-refractivity contribution >= 4 is 22.5 Å². The Morgan fingerprint density at radius 2 is 1.70 bits per heavy atom. The molecule has 0 saturated heterocycles. The lowest BCUT2D eigenvalue weighted by Gasteiger charge is -2.13. The van der Waals surface area contributed by atoms with Crippen molar-refractivity contribution in [1.82, 2.24) is 9.88 Å². The fourth-order valence-electron chi connectivity index (χ4n) is 3.25. The first-order chi connectivity index (χ1) is 14.5. The lowest BCUT2D eigenvalue weighted by atomic mass is 10.1. The molecule has 7 heteroatoms. The molecule has 30 heavy (non-hydrogen) atoms. The maximum absolute atomic E-state index is 12.4. The summed E-state index contributed by atoms with van der Waals surface area (Å²) in [6.07, 6.45) is 2.28. The summed E-state index contributed by atoms with van der Waals surface area (Å²) < 4.78 is 12.7. The molecule has 0 spiro atoms. The molecule has 2 amide bonds. The number of hydrogen-bond acceptors (Lipinski definition) is 4. The van der Waals surface area contributed by atoms with Gasteiger partial charge in [0.1, 0.15) is 0 Å². The van der Waals surface area contributed by atoms with Crippen LogP contribution in [0.1, 0.15) is 19.4 Å². The topological polar surface area (TPSA) is 81.6 Å². The minimum Gasteiger partial charge on any atom is -0.490 e. The highest BCUT2D eigenvalue weighted by molar-refractivity contribution is 6.00. The zero-order valence-electron chi connectivity index (χ0n) is 17.5. The van der Waals surface area contributed by atoms with E-state index < -0.39 is 0 Å². The number of ether oxygens (including phenoxy) is 2. The number of nitrogens with zero attached hydrogens (tertiary/aromatic N) is 1. The number of carbonyl (C=O) groups excluding carboxylic acids is 1. The van der Waals surface area contributed by atoms with Crippen LogP contribution >= 0.6 is 0 Å². The molecule has 0 unspecified atom stereocenters. The SMILES string of the molecule is CCOc1ccc(CCNC(=O)Nc2cn(C)c(=O)c3ccccc23)cc1OCC. The number of urea groups is 1. The third-order valence-corrected chi connectivity index (χ3v) is 4.65. The first-order valence-corrected chi connectivity index (χ1v) is 10.0. The van der Waals surface area contributed by atoms with Crippen molar-refractivity contribution < 1.29 is 14.3 Å². The number of aryl methyl sites for hydroxylation is 1. The largest absolute Gasteiger partial charge is 0.490 e. The van der Waals surface area contributed by atoms with Crippen molar-refractivity contribution in [2.45, 2.75) is 20.3 Å². The quantitative estimate of drug-likeness (QED) is 0.594. The number of hydrogen-bond donors (Lipinski definition) is 2. The van der Waals surface area contributed by atoms with Gasteiger partial charge in [-0.25, -0.2) is 4.79 Å². The average molecular weight is 409 g/mol. The standard InChI is InChI=1S/C23H27N3O4/c1-4-29-20-11-10-16(14-21(20)30-5-2)12-13-24-23(28)25-19-15-26(3)22(27)18-9-7-6-8-17(18)19/h6-11,14-15H,4-5,12-13H2,1-3H3,(H2,24,25,28). The van der Waals surface area contributed by atoms with Crippen LogP contribution in [0.15, 0.2) is 53.5 Å². The number of aromatic nitrogens is 1. The maximum atomic E-state index is 12.4. The van der Waals surface area contributed by atoms with Crippen LogP contribution in [0, 0.1) is 0 Å². The molecule has 1 aromatic heterocycles. The van der Waals surface area contributed by atoms with Crippen LogP contribution in [0.4, 0.5) is 10.5 Å². The van der Waals surface area contributed by atoms with Gasteiger partial charge < -0.3 is 24.7 Å². The van der Waals surface area contributed by atoms with Gasteiger partial charge in [0.05, 0.1) is 18.9 Å². The molecular weight excluding hydrogens is 382 g/mol. The molecule has 0 aliphatic rings. The van der Waals surface area contributed by atoms with Crippen molar-refractivity contribution in [3.63, 3.8) is 0 Å². The number of anilines is 1. The lowest BCUT2D eigenvalue weighted by Crippen LogP contribution is -2.31. The summed E-state index contributed by atoms with van der Waals surface area (Å²) in [6, 6.07) is 12.7. The van der Waals surface area contributed by atoms with Crippen LogP contribution in [0.5, 0.6) is 11.5 Å². The van der Waals surface area contributed by atoms with E-state index in [0.29, 0.717) is 48.4 Å². The molecule has 158 valence electrons. The predicted molar refractivity (Wildman–Crippen MR) is 119 cm³/mol. The number of amides is 2. The Morgan fingerprint density at radius 1 is 1.00 bits per heavy atom. The van der Waals surface area contributed by atoms with Gasteiger partial charge in [-0.05, 0) is 44.0 Å². The van der Waals surface area contributed by atoms with Crippen LogP contribution in [0.25, 0.3) is 10.8 Å². The van der Waals surface area contributed by atoms with Crippen molar-refractivity contribution in [3.8, 4) is 11.5 Å². The zero-order chi connectivity index (χ0) is 21.5. The zero-order valence-corrected chi connectivity index (χ0v) is 17.5. The first-order valence-electron chi connectivity index (χ1n) is 10.0. The lowest BCUT2D eigenvalue weighted by molar-refractivity contribution is 0.252. The predicted octanol–water partition coefficient (Wildman–Crippen LogP) is 3.70. The summed E-state index contributed by atoms with van der Waals surface area (Å²) in [5, 5.41) is 6.98. The van der Waals surface area contributed by atoms with Gasteiger partial charge in [0.25, 0.3) is 5.56 Å². The van der Waals surface area contributed by atoms with Gasteiger partial charge in [-0.2, -0.15) is 0 Å². The Hall–Kier alpha value is -3.48. The minimum atomic E-state index is -0.324. The van der Waals surface area contributed by atoms with E-state index in [1.54, 1.807) is 25.4 Å². The number of pyridine rings is 1. The Morgan fingerprint density at radius 3 is 2.43 bits per heavy atom. The molecular formula is C23H27N3O4. The molecule has 2 aromatic carbocycles. The summed E-state index contributed by atoms with van der Waals surface area (Å²) in [4.78, 5) is 24.6. The second kappa shape index (κ2) is 9.82. The molecule has 0 bridgehead atoms. The normalized spacial score (nSPS) is 10.6. The number of carbonyl (C=O) groups is 1. The first kappa shape index (κ1) is 21.2. The maximum Gasteiger partial charge on any atom is 0.319 e. The number of fused-ring (bicyclic) bond motifs is 1.